The summed E-state index contributed by atoms with van der Waals surface area (Å²) in [4.78, 5) is 13.5. The first-order valence-electron chi connectivity index (χ1n) is 11.8. The largest absolute Gasteiger partial charge is 0.443 e. The summed E-state index contributed by atoms with van der Waals surface area (Å²) in [6.07, 6.45) is -0.0817. The first-order chi connectivity index (χ1) is 16.5. The number of nitrogens with zero attached hydrogens (tertiary/aromatic N) is 2. The summed E-state index contributed by atoms with van der Waals surface area (Å²) in [6, 6.07) is 6.15. The van der Waals surface area contributed by atoms with E-state index in [4.69, 9.17) is 4.74 Å². The van der Waals surface area contributed by atoms with Crippen molar-refractivity contribution in [2.75, 3.05) is 40.4 Å². The second-order valence-corrected chi connectivity index (χ2v) is 11.3. The highest BCUT2D eigenvalue weighted by atomic mass is 32.2. The average molecular weight is 522 g/mol. The quantitative estimate of drug-likeness (QED) is 0.539. The Hall–Kier alpha value is -1.89. The number of benzene rings is 1. The number of hydrogen-bond donors (Lipinski definition) is 1. The minimum atomic E-state index is -3.71. The average Bonchev–Trinajstić information content (AvgIpc) is 2.82. The maximum Gasteiger partial charge on any atom is 0.409 e. The molecule has 1 aliphatic heterocycles. The highest BCUT2D eigenvalue weighted by molar-refractivity contribution is 7.87. The summed E-state index contributed by atoms with van der Waals surface area (Å²) in [5.41, 5.74) is 0.979. The number of rotatable bonds is 9. The SMILES string of the molecule is CN(C)S(=O)(=O)N[C@H]1CCN(C(=O)OCC(F)F)C[C@H]1COC1CCC(c2cccc(F)c2)CC1. The van der Waals surface area contributed by atoms with Gasteiger partial charge in [-0.05, 0) is 55.7 Å². The molecule has 1 saturated carbocycles. The molecular weight excluding hydrogens is 487 g/mol. The van der Waals surface area contributed by atoms with E-state index in [9.17, 15) is 26.4 Å². The smallest absolute Gasteiger partial charge is 0.409 e. The summed E-state index contributed by atoms with van der Waals surface area (Å²) in [5.74, 6) is -0.362. The van der Waals surface area contributed by atoms with E-state index in [0.29, 0.717) is 6.42 Å². The molecule has 1 amide bonds. The van der Waals surface area contributed by atoms with E-state index in [1.165, 1.54) is 25.1 Å². The Balaban J connectivity index is 1.58. The van der Waals surface area contributed by atoms with E-state index in [0.717, 1.165) is 35.6 Å². The lowest BCUT2D eigenvalue weighted by Crippen LogP contribution is -2.55. The minimum absolute atomic E-state index is 0.0351. The molecule has 12 heteroatoms. The predicted octanol–water partition coefficient (Wildman–Crippen LogP) is 3.36. The highest BCUT2D eigenvalue weighted by Crippen LogP contribution is 2.34. The van der Waals surface area contributed by atoms with Crippen LogP contribution >= 0.6 is 0 Å². The van der Waals surface area contributed by atoms with Crippen molar-refractivity contribution in [1.29, 1.82) is 0 Å². The third kappa shape index (κ3) is 8.06. The molecule has 0 aromatic heterocycles. The van der Waals surface area contributed by atoms with Crippen LogP contribution in [-0.4, -0.2) is 82.7 Å². The molecule has 35 heavy (non-hydrogen) atoms. The number of carbonyl (C=O) groups is 1. The number of nitrogens with one attached hydrogen (secondary N) is 1. The molecule has 1 heterocycles. The Morgan fingerprint density at radius 3 is 2.54 bits per heavy atom. The number of amides is 1. The van der Waals surface area contributed by atoms with Gasteiger partial charge in [-0.15, -0.1) is 0 Å². The summed E-state index contributed by atoms with van der Waals surface area (Å²) in [6.45, 7) is -0.477. The van der Waals surface area contributed by atoms with Gasteiger partial charge in [-0.25, -0.2) is 18.0 Å². The van der Waals surface area contributed by atoms with Gasteiger partial charge in [-0.2, -0.15) is 17.4 Å². The summed E-state index contributed by atoms with van der Waals surface area (Å²) >= 11 is 0. The topological polar surface area (TPSA) is 88.2 Å². The molecule has 198 valence electrons. The Kier molecular flexibility index (Phi) is 9.79. The van der Waals surface area contributed by atoms with Crippen LogP contribution in [0.15, 0.2) is 24.3 Å². The van der Waals surface area contributed by atoms with Crippen molar-refractivity contribution in [1.82, 2.24) is 13.9 Å². The van der Waals surface area contributed by atoms with Gasteiger partial charge in [0.05, 0.1) is 12.7 Å². The Bertz CT molecular complexity index is 942. The lowest BCUT2D eigenvalue weighted by Gasteiger charge is -2.39. The minimum Gasteiger partial charge on any atom is -0.443 e. The predicted molar refractivity (Wildman–Crippen MR) is 124 cm³/mol. The lowest BCUT2D eigenvalue weighted by atomic mass is 9.82. The summed E-state index contributed by atoms with van der Waals surface area (Å²) in [7, 11) is -0.875. The van der Waals surface area contributed by atoms with Crippen LogP contribution in [0.25, 0.3) is 0 Å². The van der Waals surface area contributed by atoms with Crippen LogP contribution in [0.1, 0.15) is 43.6 Å². The van der Waals surface area contributed by atoms with E-state index in [2.05, 4.69) is 9.46 Å². The number of halogens is 3. The van der Waals surface area contributed by atoms with Crippen LogP contribution in [-0.2, 0) is 19.7 Å². The molecule has 3 rings (SSSR count). The second kappa shape index (κ2) is 12.4. The molecule has 0 spiro atoms. The molecule has 1 aromatic carbocycles. The zero-order valence-corrected chi connectivity index (χ0v) is 20.9. The number of piperidine rings is 1. The summed E-state index contributed by atoms with van der Waals surface area (Å²) in [5, 5.41) is 0. The van der Waals surface area contributed by atoms with Gasteiger partial charge in [0.25, 0.3) is 16.6 Å². The highest BCUT2D eigenvalue weighted by Gasteiger charge is 2.36. The number of likely N-dealkylation sites (tertiary alicyclic amines) is 1. The maximum absolute atomic E-state index is 13.6. The van der Waals surface area contributed by atoms with Crippen LogP contribution in [0.5, 0.6) is 0 Å². The van der Waals surface area contributed by atoms with Crippen LogP contribution in [0, 0.1) is 11.7 Å². The number of hydrogen-bond acceptors (Lipinski definition) is 5. The zero-order valence-electron chi connectivity index (χ0n) is 20.0. The van der Waals surface area contributed by atoms with Gasteiger partial charge in [-0.3, -0.25) is 0 Å². The lowest BCUT2D eigenvalue weighted by molar-refractivity contribution is -0.0206. The first-order valence-corrected chi connectivity index (χ1v) is 13.3. The summed E-state index contributed by atoms with van der Waals surface area (Å²) < 4.78 is 77.7. The third-order valence-electron chi connectivity index (χ3n) is 6.65. The van der Waals surface area contributed by atoms with E-state index in [1.54, 1.807) is 12.1 Å². The van der Waals surface area contributed by atoms with Gasteiger partial charge in [0.2, 0.25) is 0 Å². The monoisotopic (exact) mass is 521 g/mol. The van der Waals surface area contributed by atoms with Crippen molar-refractivity contribution in [3.63, 3.8) is 0 Å². The van der Waals surface area contributed by atoms with Crippen LogP contribution in [0.3, 0.4) is 0 Å². The van der Waals surface area contributed by atoms with E-state index in [-0.39, 0.29) is 43.5 Å². The third-order valence-corrected chi connectivity index (χ3v) is 8.21. The molecule has 1 saturated heterocycles. The molecule has 2 atom stereocenters. The molecule has 1 N–H and O–H groups in total. The molecule has 0 unspecified atom stereocenters. The van der Waals surface area contributed by atoms with Gasteiger partial charge in [0, 0.05) is 39.1 Å². The van der Waals surface area contributed by atoms with Crippen LogP contribution < -0.4 is 4.72 Å². The van der Waals surface area contributed by atoms with Gasteiger partial charge in [-0.1, -0.05) is 12.1 Å². The van der Waals surface area contributed by atoms with Gasteiger partial charge in [0.1, 0.15) is 5.82 Å². The van der Waals surface area contributed by atoms with Crippen molar-refractivity contribution in [3.05, 3.63) is 35.6 Å². The Morgan fingerprint density at radius 1 is 1.20 bits per heavy atom. The Morgan fingerprint density at radius 2 is 1.91 bits per heavy atom. The first kappa shape index (κ1) is 27.7. The standard InChI is InChI=1S/C23H34F3N3O5S/c1-28(2)35(31,32)27-21-10-11-29(23(30)34-15-22(25)26)13-18(21)14-33-20-8-6-16(7-9-20)17-4-3-5-19(24)12-17/h3-5,12,16,18,20-22,27H,6-11,13-15H2,1-2H3/t16?,18-,20?,21-/m0/s1. The molecular formula is C23H34F3N3O5S. The fraction of sp³-hybridized carbons (Fsp3) is 0.696. The molecule has 8 nitrogen and oxygen atoms in total. The van der Waals surface area contributed by atoms with Crippen molar-refractivity contribution >= 4 is 16.3 Å². The van der Waals surface area contributed by atoms with E-state index >= 15 is 0 Å². The van der Waals surface area contributed by atoms with Crippen molar-refractivity contribution in [2.45, 2.75) is 56.6 Å². The van der Waals surface area contributed by atoms with Crippen LogP contribution in [0.2, 0.25) is 0 Å². The van der Waals surface area contributed by atoms with Crippen molar-refractivity contribution in [2.24, 2.45) is 5.92 Å². The molecule has 2 aliphatic rings. The van der Waals surface area contributed by atoms with Gasteiger partial charge < -0.3 is 14.4 Å². The Labute approximate surface area is 204 Å². The number of carbonyl (C=O) groups excluding carboxylic acids is 1. The second-order valence-electron chi connectivity index (χ2n) is 9.34. The van der Waals surface area contributed by atoms with Crippen molar-refractivity contribution in [3.8, 4) is 0 Å². The van der Waals surface area contributed by atoms with E-state index < -0.39 is 35.4 Å². The molecule has 1 aromatic rings. The van der Waals surface area contributed by atoms with E-state index in [1.807, 2.05) is 6.07 Å². The molecule has 0 radical (unpaired) electrons. The number of alkyl halides is 2. The molecule has 0 bridgehead atoms. The zero-order chi connectivity index (χ0) is 25.6. The van der Waals surface area contributed by atoms with Gasteiger partial charge in [0.15, 0.2) is 6.61 Å². The van der Waals surface area contributed by atoms with Crippen molar-refractivity contribution < 1.29 is 35.9 Å². The fourth-order valence-electron chi connectivity index (χ4n) is 4.63. The fourth-order valence-corrected chi connectivity index (χ4v) is 5.53. The number of ether oxygens (including phenoxy) is 2. The normalized spacial score (nSPS) is 25.7. The van der Waals surface area contributed by atoms with Crippen LogP contribution in [0.4, 0.5) is 18.0 Å². The van der Waals surface area contributed by atoms with Gasteiger partial charge >= 0.3 is 6.09 Å². The molecule has 2 fully saturated rings. The maximum atomic E-state index is 13.6. The molecule has 1 aliphatic carbocycles.